The molecule has 1 amide bonds. The fraction of sp³-hybridized carbons (Fsp3) is 0.389. The van der Waals surface area contributed by atoms with Gasteiger partial charge in [0.25, 0.3) is 5.91 Å². The number of ether oxygens (including phenoxy) is 2. The fourth-order valence-electron chi connectivity index (χ4n) is 3.48. The summed E-state index contributed by atoms with van der Waals surface area (Å²) < 4.78 is 10.6. The highest BCUT2D eigenvalue weighted by atomic mass is 32.1. The van der Waals surface area contributed by atoms with Crippen LogP contribution in [0.2, 0.25) is 0 Å². The van der Waals surface area contributed by atoms with Gasteiger partial charge in [-0.05, 0) is 48.9 Å². The highest BCUT2D eigenvalue weighted by molar-refractivity contribution is 7.16. The number of nitrogens with one attached hydrogen (secondary N) is 2. The van der Waals surface area contributed by atoms with E-state index in [1.54, 1.807) is 25.6 Å². The van der Waals surface area contributed by atoms with Crippen molar-refractivity contribution in [1.29, 1.82) is 0 Å². The molecular formula is C18H20N2O3S. The van der Waals surface area contributed by atoms with Gasteiger partial charge in [0.2, 0.25) is 0 Å². The van der Waals surface area contributed by atoms with Gasteiger partial charge in [0.05, 0.1) is 19.8 Å². The second-order valence-corrected chi connectivity index (χ2v) is 7.19. The minimum Gasteiger partial charge on any atom is -0.493 e. The Kier molecular flexibility index (Phi) is 3.84. The topological polar surface area (TPSA) is 59.6 Å². The first-order valence-corrected chi connectivity index (χ1v) is 8.96. The summed E-state index contributed by atoms with van der Waals surface area (Å²) in [5, 5.41) is 7.55. The van der Waals surface area contributed by atoms with Crippen LogP contribution >= 0.6 is 11.3 Å². The van der Waals surface area contributed by atoms with Crippen molar-refractivity contribution in [3.8, 4) is 11.5 Å². The number of fused-ring (bicyclic) bond motifs is 3. The number of thiophene rings is 1. The van der Waals surface area contributed by atoms with Gasteiger partial charge in [-0.25, -0.2) is 0 Å². The minimum absolute atomic E-state index is 0.0166. The lowest BCUT2D eigenvalue weighted by Gasteiger charge is -2.27. The van der Waals surface area contributed by atoms with Crippen molar-refractivity contribution in [3.63, 3.8) is 0 Å². The Labute approximate surface area is 145 Å². The van der Waals surface area contributed by atoms with Gasteiger partial charge in [0.1, 0.15) is 11.2 Å². The second kappa shape index (κ2) is 6.02. The smallest absolute Gasteiger partial charge is 0.256 e. The van der Waals surface area contributed by atoms with Gasteiger partial charge in [0.15, 0.2) is 11.5 Å². The number of benzene rings is 1. The van der Waals surface area contributed by atoms with E-state index in [4.69, 9.17) is 9.47 Å². The van der Waals surface area contributed by atoms with Crippen LogP contribution in [0.3, 0.4) is 0 Å². The molecule has 0 spiro atoms. The largest absolute Gasteiger partial charge is 0.493 e. The summed E-state index contributed by atoms with van der Waals surface area (Å²) in [6, 6.07) is 5.70. The van der Waals surface area contributed by atoms with Crippen LogP contribution in [-0.4, -0.2) is 20.1 Å². The first-order chi connectivity index (χ1) is 11.7. The van der Waals surface area contributed by atoms with E-state index in [0.29, 0.717) is 11.5 Å². The average Bonchev–Trinajstić information content (AvgIpc) is 2.99. The van der Waals surface area contributed by atoms with Crippen LogP contribution in [-0.2, 0) is 12.8 Å². The van der Waals surface area contributed by atoms with E-state index in [0.717, 1.165) is 29.0 Å². The molecule has 0 radical (unpaired) electrons. The van der Waals surface area contributed by atoms with Crippen molar-refractivity contribution < 1.29 is 14.3 Å². The molecule has 5 nitrogen and oxygen atoms in total. The van der Waals surface area contributed by atoms with Crippen LogP contribution in [0.5, 0.6) is 11.5 Å². The maximum absolute atomic E-state index is 12.7. The van der Waals surface area contributed by atoms with E-state index in [1.807, 2.05) is 18.2 Å². The van der Waals surface area contributed by atoms with Crippen molar-refractivity contribution in [1.82, 2.24) is 5.32 Å². The minimum atomic E-state index is -0.259. The Morgan fingerprint density at radius 1 is 1.08 bits per heavy atom. The van der Waals surface area contributed by atoms with E-state index < -0.39 is 0 Å². The number of hydrogen-bond donors (Lipinski definition) is 2. The van der Waals surface area contributed by atoms with Crippen LogP contribution < -0.4 is 20.1 Å². The Morgan fingerprint density at radius 3 is 2.67 bits per heavy atom. The number of carbonyl (C=O) groups is 1. The molecule has 0 bridgehead atoms. The lowest BCUT2D eigenvalue weighted by atomic mass is 9.94. The normalized spacial score (nSPS) is 18.9. The van der Waals surface area contributed by atoms with Gasteiger partial charge >= 0.3 is 0 Å². The molecule has 0 unspecified atom stereocenters. The molecule has 1 aromatic carbocycles. The molecule has 2 heterocycles. The van der Waals surface area contributed by atoms with E-state index in [1.165, 1.54) is 23.3 Å². The molecule has 4 rings (SSSR count). The number of anilines is 1. The molecule has 1 aromatic heterocycles. The zero-order valence-corrected chi connectivity index (χ0v) is 14.6. The first kappa shape index (κ1) is 15.3. The molecule has 6 heteroatoms. The average molecular weight is 344 g/mol. The summed E-state index contributed by atoms with van der Waals surface area (Å²) in [5.74, 6) is 1.35. The third kappa shape index (κ3) is 2.41. The number of hydrogen-bond acceptors (Lipinski definition) is 5. The second-order valence-electron chi connectivity index (χ2n) is 6.08. The molecule has 2 N–H and O–H groups in total. The highest BCUT2D eigenvalue weighted by Crippen LogP contribution is 2.42. The third-order valence-corrected chi connectivity index (χ3v) is 5.91. The quantitative estimate of drug-likeness (QED) is 0.895. The van der Waals surface area contributed by atoms with Gasteiger partial charge in [-0.15, -0.1) is 11.3 Å². The Morgan fingerprint density at radius 2 is 1.88 bits per heavy atom. The van der Waals surface area contributed by atoms with Gasteiger partial charge in [-0.3, -0.25) is 4.79 Å². The fourth-order valence-corrected chi connectivity index (χ4v) is 4.79. The molecule has 126 valence electrons. The van der Waals surface area contributed by atoms with E-state index in [2.05, 4.69) is 10.6 Å². The number of rotatable bonds is 3. The van der Waals surface area contributed by atoms with Crippen LogP contribution in [0.25, 0.3) is 0 Å². The van der Waals surface area contributed by atoms with Gasteiger partial charge in [0, 0.05) is 4.88 Å². The van der Waals surface area contributed by atoms with Crippen LogP contribution in [0, 0.1) is 0 Å². The van der Waals surface area contributed by atoms with Gasteiger partial charge in [-0.2, -0.15) is 0 Å². The predicted molar refractivity (Wildman–Crippen MR) is 94.3 cm³/mol. The van der Waals surface area contributed by atoms with Crippen LogP contribution in [0.1, 0.15) is 45.4 Å². The Balaban J connectivity index is 1.68. The number of methoxy groups -OCH3 is 2. The molecule has 0 fully saturated rings. The molecule has 1 aliphatic carbocycles. The summed E-state index contributed by atoms with van der Waals surface area (Å²) in [4.78, 5) is 14.0. The summed E-state index contributed by atoms with van der Waals surface area (Å²) in [7, 11) is 3.22. The first-order valence-electron chi connectivity index (χ1n) is 8.15. The van der Waals surface area contributed by atoms with Crippen molar-refractivity contribution in [3.05, 3.63) is 39.8 Å². The summed E-state index contributed by atoms with van der Waals surface area (Å²) >= 11 is 1.73. The Hall–Kier alpha value is -2.21. The number of carbonyl (C=O) groups excluding carboxylic acids is 1. The maximum Gasteiger partial charge on any atom is 0.256 e. The predicted octanol–water partition coefficient (Wildman–Crippen LogP) is 3.50. The molecule has 1 aliphatic heterocycles. The molecule has 1 atom stereocenters. The van der Waals surface area contributed by atoms with Crippen molar-refractivity contribution in [2.75, 3.05) is 19.5 Å². The molecule has 2 aliphatic rings. The van der Waals surface area contributed by atoms with Crippen LogP contribution in [0.4, 0.5) is 5.00 Å². The van der Waals surface area contributed by atoms with E-state index in [9.17, 15) is 4.79 Å². The highest BCUT2D eigenvalue weighted by Gasteiger charge is 2.32. The van der Waals surface area contributed by atoms with Crippen molar-refractivity contribution >= 4 is 22.2 Å². The molecule has 0 saturated heterocycles. The van der Waals surface area contributed by atoms with E-state index in [-0.39, 0.29) is 12.1 Å². The molecule has 24 heavy (non-hydrogen) atoms. The summed E-state index contributed by atoms with van der Waals surface area (Å²) in [6.07, 6.45) is 4.22. The third-order valence-electron chi connectivity index (χ3n) is 4.69. The van der Waals surface area contributed by atoms with Crippen LogP contribution in [0.15, 0.2) is 18.2 Å². The SMILES string of the molecule is COc1ccc([C@@H]2NC(=O)c3c(sc4c3CCCC4)N2)cc1OC. The molecule has 0 saturated carbocycles. The standard InChI is InChI=1S/C18H20N2O3S/c1-22-12-8-7-10(9-13(12)23-2)16-19-17(21)15-11-5-3-4-6-14(11)24-18(15)20-16/h7-9,16,20H,3-6H2,1-2H3,(H,19,21)/t16-/m1/s1. The number of amides is 1. The van der Waals surface area contributed by atoms with Gasteiger partial charge in [-0.1, -0.05) is 6.07 Å². The maximum atomic E-state index is 12.7. The van der Waals surface area contributed by atoms with E-state index >= 15 is 0 Å². The zero-order valence-electron chi connectivity index (χ0n) is 13.8. The summed E-state index contributed by atoms with van der Waals surface area (Å²) in [6.45, 7) is 0. The molecule has 2 aromatic rings. The van der Waals surface area contributed by atoms with Crippen molar-refractivity contribution in [2.24, 2.45) is 0 Å². The van der Waals surface area contributed by atoms with Gasteiger partial charge < -0.3 is 20.1 Å². The summed E-state index contributed by atoms with van der Waals surface area (Å²) in [5.41, 5.74) is 3.04. The number of aryl methyl sites for hydroxylation is 1. The monoisotopic (exact) mass is 344 g/mol. The zero-order chi connectivity index (χ0) is 16.7. The Bertz CT molecular complexity index is 800. The lowest BCUT2D eigenvalue weighted by Crippen LogP contribution is -2.38. The molecular weight excluding hydrogens is 324 g/mol. The lowest BCUT2D eigenvalue weighted by molar-refractivity contribution is 0.0935. The van der Waals surface area contributed by atoms with Crippen molar-refractivity contribution in [2.45, 2.75) is 31.8 Å².